The number of non-ortho nitro benzene ring substituents is 1. The third kappa shape index (κ3) is 3.11. The number of hydrogen-bond donors (Lipinski definition) is 1. The average molecular weight is 247 g/mol. The summed E-state index contributed by atoms with van der Waals surface area (Å²) in [4.78, 5) is 14.3. The number of hydrogen-bond acceptors (Lipinski definition) is 5. The van der Waals surface area contributed by atoms with Crippen molar-refractivity contribution in [2.24, 2.45) is 7.05 Å². The molecule has 1 aromatic heterocycles. The van der Waals surface area contributed by atoms with E-state index in [4.69, 9.17) is 0 Å². The molecule has 0 spiro atoms. The fourth-order valence-electron chi connectivity index (χ4n) is 1.56. The number of aromatic nitrogens is 3. The molecular formula is C11H13N5O2. The maximum absolute atomic E-state index is 10.6. The Kier molecular flexibility index (Phi) is 3.63. The smallest absolute Gasteiger partial charge is 0.269 e. The minimum absolute atomic E-state index is 0.102. The number of nitro groups is 1. The van der Waals surface area contributed by atoms with Crippen LogP contribution in [0.3, 0.4) is 0 Å². The van der Waals surface area contributed by atoms with Crippen LogP contribution in [0.2, 0.25) is 0 Å². The molecular weight excluding hydrogens is 234 g/mol. The van der Waals surface area contributed by atoms with Gasteiger partial charge >= 0.3 is 0 Å². The van der Waals surface area contributed by atoms with Crippen LogP contribution in [-0.4, -0.2) is 19.7 Å². The topological polar surface area (TPSA) is 85.9 Å². The standard InChI is InChI=1S/C11H13N5O2/c1-15-8-13-11(14-15)7-12-6-9-3-2-4-10(5-9)16(17)18/h2-5,8,12H,6-7H2,1H3. The summed E-state index contributed by atoms with van der Waals surface area (Å²) in [5.41, 5.74) is 0.963. The van der Waals surface area contributed by atoms with E-state index in [1.54, 1.807) is 30.2 Å². The van der Waals surface area contributed by atoms with Gasteiger partial charge in [0.2, 0.25) is 0 Å². The number of rotatable bonds is 5. The monoisotopic (exact) mass is 247 g/mol. The predicted octanol–water partition coefficient (Wildman–Crippen LogP) is 1.01. The highest BCUT2D eigenvalue weighted by molar-refractivity contribution is 5.34. The highest BCUT2D eigenvalue weighted by atomic mass is 16.6. The van der Waals surface area contributed by atoms with Crippen LogP contribution in [0.1, 0.15) is 11.4 Å². The van der Waals surface area contributed by atoms with Crippen LogP contribution in [0.5, 0.6) is 0 Å². The quantitative estimate of drug-likeness (QED) is 0.629. The van der Waals surface area contributed by atoms with Gasteiger partial charge in [0.15, 0.2) is 5.82 Å². The zero-order chi connectivity index (χ0) is 13.0. The minimum atomic E-state index is -0.399. The Hall–Kier alpha value is -2.28. The van der Waals surface area contributed by atoms with Crippen LogP contribution in [0, 0.1) is 10.1 Å². The van der Waals surface area contributed by atoms with E-state index in [0.29, 0.717) is 18.9 Å². The molecule has 7 nitrogen and oxygen atoms in total. The molecule has 0 aliphatic heterocycles. The second-order valence-electron chi connectivity index (χ2n) is 3.87. The summed E-state index contributed by atoms with van der Waals surface area (Å²) >= 11 is 0. The van der Waals surface area contributed by atoms with E-state index in [0.717, 1.165) is 5.56 Å². The number of nitrogens with zero attached hydrogens (tertiary/aromatic N) is 4. The first-order valence-corrected chi connectivity index (χ1v) is 5.44. The number of nitrogens with one attached hydrogen (secondary N) is 1. The van der Waals surface area contributed by atoms with E-state index in [9.17, 15) is 10.1 Å². The molecule has 0 amide bonds. The van der Waals surface area contributed by atoms with Gasteiger partial charge in [0.25, 0.3) is 5.69 Å². The Morgan fingerprint density at radius 1 is 1.44 bits per heavy atom. The van der Waals surface area contributed by atoms with Gasteiger partial charge in [0.05, 0.1) is 11.5 Å². The van der Waals surface area contributed by atoms with E-state index in [-0.39, 0.29) is 5.69 Å². The second-order valence-corrected chi connectivity index (χ2v) is 3.87. The van der Waals surface area contributed by atoms with Crippen LogP contribution in [-0.2, 0) is 20.1 Å². The molecule has 0 atom stereocenters. The van der Waals surface area contributed by atoms with Crippen molar-refractivity contribution in [2.45, 2.75) is 13.1 Å². The summed E-state index contributed by atoms with van der Waals surface area (Å²) in [5.74, 6) is 0.697. The number of aryl methyl sites for hydroxylation is 1. The van der Waals surface area contributed by atoms with Crippen molar-refractivity contribution in [1.29, 1.82) is 0 Å². The van der Waals surface area contributed by atoms with Crippen molar-refractivity contribution >= 4 is 5.69 Å². The fraction of sp³-hybridized carbons (Fsp3) is 0.273. The lowest BCUT2D eigenvalue weighted by molar-refractivity contribution is -0.384. The molecule has 0 radical (unpaired) electrons. The first kappa shape index (κ1) is 12.2. The Morgan fingerprint density at radius 3 is 2.94 bits per heavy atom. The first-order valence-electron chi connectivity index (χ1n) is 5.44. The zero-order valence-corrected chi connectivity index (χ0v) is 9.91. The third-order valence-electron chi connectivity index (χ3n) is 2.38. The largest absolute Gasteiger partial charge is 0.306 e. The van der Waals surface area contributed by atoms with Crippen LogP contribution in [0.4, 0.5) is 5.69 Å². The lowest BCUT2D eigenvalue weighted by Gasteiger charge is -2.02. The van der Waals surface area contributed by atoms with Crippen LogP contribution in [0.15, 0.2) is 30.6 Å². The molecule has 0 aliphatic rings. The Morgan fingerprint density at radius 2 is 2.28 bits per heavy atom. The highest BCUT2D eigenvalue weighted by Crippen LogP contribution is 2.12. The second kappa shape index (κ2) is 5.37. The minimum Gasteiger partial charge on any atom is -0.306 e. The van der Waals surface area contributed by atoms with Gasteiger partial charge in [-0.25, -0.2) is 4.98 Å². The number of nitro benzene ring substituents is 1. The van der Waals surface area contributed by atoms with Gasteiger partial charge in [0.1, 0.15) is 6.33 Å². The molecule has 18 heavy (non-hydrogen) atoms. The molecule has 2 rings (SSSR count). The van der Waals surface area contributed by atoms with Gasteiger partial charge in [-0.05, 0) is 5.56 Å². The van der Waals surface area contributed by atoms with E-state index < -0.39 is 4.92 Å². The van der Waals surface area contributed by atoms with Crippen molar-refractivity contribution in [1.82, 2.24) is 20.1 Å². The normalized spacial score (nSPS) is 10.5. The molecule has 7 heteroatoms. The molecule has 1 heterocycles. The molecule has 0 bridgehead atoms. The van der Waals surface area contributed by atoms with Gasteiger partial charge in [-0.15, -0.1) is 0 Å². The molecule has 1 aromatic carbocycles. The fourth-order valence-corrected chi connectivity index (χ4v) is 1.56. The Labute approximate surface area is 104 Å². The summed E-state index contributed by atoms with van der Waals surface area (Å²) in [6.07, 6.45) is 1.63. The molecule has 0 unspecified atom stereocenters. The molecule has 94 valence electrons. The Balaban J connectivity index is 1.90. The van der Waals surface area contributed by atoms with Crippen molar-refractivity contribution in [3.8, 4) is 0 Å². The SMILES string of the molecule is Cn1cnc(CNCc2cccc([N+](=O)[O-])c2)n1. The van der Waals surface area contributed by atoms with Gasteiger partial charge in [-0.1, -0.05) is 12.1 Å². The van der Waals surface area contributed by atoms with Crippen LogP contribution < -0.4 is 5.32 Å². The summed E-state index contributed by atoms with van der Waals surface area (Å²) in [5, 5.41) is 17.9. The van der Waals surface area contributed by atoms with Gasteiger partial charge in [-0.2, -0.15) is 5.10 Å². The lowest BCUT2D eigenvalue weighted by atomic mass is 10.2. The average Bonchev–Trinajstić information content (AvgIpc) is 2.75. The summed E-state index contributed by atoms with van der Waals surface area (Å²) in [6.45, 7) is 1.07. The summed E-state index contributed by atoms with van der Waals surface area (Å²) in [6, 6.07) is 6.54. The first-order chi connectivity index (χ1) is 8.65. The maximum atomic E-state index is 10.6. The highest BCUT2D eigenvalue weighted by Gasteiger charge is 2.05. The van der Waals surface area contributed by atoms with Crippen molar-refractivity contribution < 1.29 is 4.92 Å². The van der Waals surface area contributed by atoms with Gasteiger partial charge in [-0.3, -0.25) is 14.8 Å². The van der Waals surface area contributed by atoms with E-state index in [2.05, 4.69) is 15.4 Å². The molecule has 2 aromatic rings. The van der Waals surface area contributed by atoms with Crippen molar-refractivity contribution in [2.75, 3.05) is 0 Å². The zero-order valence-electron chi connectivity index (χ0n) is 9.91. The molecule has 0 saturated heterocycles. The van der Waals surface area contributed by atoms with Gasteiger partial charge in [0, 0.05) is 25.7 Å². The van der Waals surface area contributed by atoms with E-state index in [1.165, 1.54) is 6.07 Å². The maximum Gasteiger partial charge on any atom is 0.269 e. The molecule has 0 saturated carbocycles. The summed E-state index contributed by atoms with van der Waals surface area (Å²) in [7, 11) is 1.80. The third-order valence-corrected chi connectivity index (χ3v) is 2.38. The number of benzene rings is 1. The van der Waals surface area contributed by atoms with Gasteiger partial charge < -0.3 is 5.32 Å². The van der Waals surface area contributed by atoms with Crippen molar-refractivity contribution in [3.63, 3.8) is 0 Å². The lowest BCUT2D eigenvalue weighted by Crippen LogP contribution is -2.14. The Bertz CT molecular complexity index is 552. The van der Waals surface area contributed by atoms with E-state index >= 15 is 0 Å². The van der Waals surface area contributed by atoms with E-state index in [1.807, 2.05) is 6.07 Å². The molecule has 1 N–H and O–H groups in total. The van der Waals surface area contributed by atoms with Crippen LogP contribution >= 0.6 is 0 Å². The van der Waals surface area contributed by atoms with Crippen molar-refractivity contribution in [3.05, 3.63) is 52.1 Å². The molecule has 0 fully saturated rings. The predicted molar refractivity (Wildman–Crippen MR) is 64.6 cm³/mol. The molecule has 0 aliphatic carbocycles. The summed E-state index contributed by atoms with van der Waals surface area (Å²) < 4.78 is 1.63. The van der Waals surface area contributed by atoms with Crippen LogP contribution in [0.25, 0.3) is 0 Å².